The lowest BCUT2D eigenvalue weighted by Crippen LogP contribution is -1.98. The monoisotopic (exact) mass is 338 g/mol. The van der Waals surface area contributed by atoms with Crippen molar-refractivity contribution in [3.63, 3.8) is 0 Å². The Morgan fingerprint density at radius 1 is 1.05 bits per heavy atom. The molecule has 2 aromatic rings. The molecule has 0 aliphatic heterocycles. The Labute approximate surface area is 126 Å². The molecule has 2 rings (SSSR count). The second-order valence-corrected chi connectivity index (χ2v) is 5.52. The minimum atomic E-state index is -0.223. The first-order chi connectivity index (χ1) is 9.63. The number of rotatable bonds is 5. The fourth-order valence-electron chi connectivity index (χ4n) is 2.03. The zero-order valence-corrected chi connectivity index (χ0v) is 13.0. The van der Waals surface area contributed by atoms with Crippen molar-refractivity contribution in [2.24, 2.45) is 0 Å². The molecule has 0 heterocycles. The van der Waals surface area contributed by atoms with Gasteiger partial charge >= 0.3 is 0 Å². The summed E-state index contributed by atoms with van der Waals surface area (Å²) in [5.74, 6) is 1.18. The molecule has 0 fully saturated rings. The average molecular weight is 339 g/mol. The normalized spacial score (nSPS) is 12.0. The van der Waals surface area contributed by atoms with Crippen LogP contribution in [0.25, 0.3) is 0 Å². The van der Waals surface area contributed by atoms with Gasteiger partial charge < -0.3 is 9.47 Å². The van der Waals surface area contributed by atoms with Gasteiger partial charge in [0.25, 0.3) is 0 Å². The highest BCUT2D eigenvalue weighted by atomic mass is 79.9. The number of hydrogen-bond acceptors (Lipinski definition) is 2. The predicted molar refractivity (Wildman–Crippen MR) is 81.3 cm³/mol. The molecule has 106 valence electrons. The van der Waals surface area contributed by atoms with E-state index >= 15 is 0 Å². The summed E-state index contributed by atoms with van der Waals surface area (Å²) in [6.07, 6.45) is 0.740. The van der Waals surface area contributed by atoms with E-state index in [0.717, 1.165) is 17.5 Å². The first-order valence-electron chi connectivity index (χ1n) is 6.24. The largest absolute Gasteiger partial charge is 0.493 e. The Hall–Kier alpha value is -1.55. The molecule has 1 unspecified atom stereocenters. The van der Waals surface area contributed by atoms with Gasteiger partial charge in [-0.2, -0.15) is 0 Å². The van der Waals surface area contributed by atoms with Crippen molar-refractivity contribution in [3.05, 3.63) is 59.4 Å². The quantitative estimate of drug-likeness (QED) is 0.746. The van der Waals surface area contributed by atoms with Gasteiger partial charge in [-0.05, 0) is 41.8 Å². The highest BCUT2D eigenvalue weighted by Crippen LogP contribution is 2.32. The van der Waals surface area contributed by atoms with E-state index in [1.165, 1.54) is 6.07 Å². The first-order valence-corrected chi connectivity index (χ1v) is 7.16. The molecular formula is C16H16BrFO2. The van der Waals surface area contributed by atoms with E-state index in [0.29, 0.717) is 11.5 Å². The van der Waals surface area contributed by atoms with Crippen LogP contribution in [0.15, 0.2) is 42.5 Å². The van der Waals surface area contributed by atoms with E-state index in [1.807, 2.05) is 24.3 Å². The van der Waals surface area contributed by atoms with E-state index < -0.39 is 0 Å². The van der Waals surface area contributed by atoms with Gasteiger partial charge in [-0.1, -0.05) is 34.1 Å². The molecule has 2 aromatic carbocycles. The average Bonchev–Trinajstić information content (AvgIpc) is 2.47. The SMILES string of the molecule is COc1ccc(CC(Br)c2cccc(F)c2)cc1OC. The molecule has 0 aliphatic carbocycles. The van der Waals surface area contributed by atoms with E-state index in [9.17, 15) is 4.39 Å². The second-order valence-electron chi connectivity index (χ2n) is 4.42. The summed E-state index contributed by atoms with van der Waals surface area (Å²) >= 11 is 3.60. The predicted octanol–water partition coefficient (Wildman–Crippen LogP) is 4.52. The molecule has 0 amide bonds. The van der Waals surface area contributed by atoms with Gasteiger partial charge in [-0.15, -0.1) is 0 Å². The molecule has 0 N–H and O–H groups in total. The Morgan fingerprint density at radius 3 is 2.45 bits per heavy atom. The van der Waals surface area contributed by atoms with Crippen LogP contribution in [0.5, 0.6) is 11.5 Å². The third-order valence-electron chi connectivity index (χ3n) is 3.07. The van der Waals surface area contributed by atoms with Gasteiger partial charge in [0, 0.05) is 4.83 Å². The minimum Gasteiger partial charge on any atom is -0.493 e. The van der Waals surface area contributed by atoms with Crippen LogP contribution in [0.3, 0.4) is 0 Å². The maximum Gasteiger partial charge on any atom is 0.160 e. The number of benzene rings is 2. The summed E-state index contributed by atoms with van der Waals surface area (Å²) in [4.78, 5) is 0.0521. The van der Waals surface area contributed by atoms with Gasteiger partial charge in [0.2, 0.25) is 0 Å². The second kappa shape index (κ2) is 6.75. The van der Waals surface area contributed by atoms with Crippen LogP contribution in [0.1, 0.15) is 16.0 Å². The number of methoxy groups -OCH3 is 2. The molecular weight excluding hydrogens is 323 g/mol. The van der Waals surface area contributed by atoms with Crippen molar-refractivity contribution < 1.29 is 13.9 Å². The van der Waals surface area contributed by atoms with E-state index in [1.54, 1.807) is 26.4 Å². The van der Waals surface area contributed by atoms with Crippen LogP contribution in [-0.2, 0) is 6.42 Å². The Kier molecular flexibility index (Phi) is 5.01. The maximum absolute atomic E-state index is 13.2. The molecule has 0 spiro atoms. The molecule has 0 aromatic heterocycles. The number of halogens is 2. The van der Waals surface area contributed by atoms with Crippen molar-refractivity contribution in [2.45, 2.75) is 11.2 Å². The summed E-state index contributed by atoms with van der Waals surface area (Å²) in [7, 11) is 3.22. The van der Waals surface area contributed by atoms with Gasteiger partial charge in [0.05, 0.1) is 14.2 Å². The van der Waals surface area contributed by atoms with Crippen LogP contribution < -0.4 is 9.47 Å². The minimum absolute atomic E-state index is 0.0521. The van der Waals surface area contributed by atoms with Crippen molar-refractivity contribution in [1.82, 2.24) is 0 Å². The van der Waals surface area contributed by atoms with Gasteiger partial charge in [-0.25, -0.2) is 4.39 Å². The topological polar surface area (TPSA) is 18.5 Å². The van der Waals surface area contributed by atoms with Crippen molar-refractivity contribution >= 4 is 15.9 Å². The highest BCUT2D eigenvalue weighted by molar-refractivity contribution is 9.09. The zero-order chi connectivity index (χ0) is 14.5. The summed E-state index contributed by atoms with van der Waals surface area (Å²) < 4.78 is 23.7. The number of alkyl halides is 1. The molecule has 2 nitrogen and oxygen atoms in total. The third kappa shape index (κ3) is 3.51. The molecule has 4 heteroatoms. The van der Waals surface area contributed by atoms with Gasteiger partial charge in [0.1, 0.15) is 5.82 Å². The van der Waals surface area contributed by atoms with Crippen LogP contribution in [0, 0.1) is 5.82 Å². The van der Waals surface area contributed by atoms with Crippen LogP contribution in [-0.4, -0.2) is 14.2 Å². The summed E-state index contributed by atoms with van der Waals surface area (Å²) in [5.41, 5.74) is 2.01. The molecule has 1 atom stereocenters. The fourth-order valence-corrected chi connectivity index (χ4v) is 2.69. The molecule has 0 saturated carbocycles. The van der Waals surface area contributed by atoms with Crippen LogP contribution in [0.4, 0.5) is 4.39 Å². The Bertz CT molecular complexity index is 586. The van der Waals surface area contributed by atoms with E-state index in [4.69, 9.17) is 9.47 Å². The molecule has 0 bridgehead atoms. The van der Waals surface area contributed by atoms with Gasteiger partial charge in [0.15, 0.2) is 11.5 Å². The van der Waals surface area contributed by atoms with Crippen molar-refractivity contribution in [3.8, 4) is 11.5 Å². The molecule has 20 heavy (non-hydrogen) atoms. The van der Waals surface area contributed by atoms with Crippen LogP contribution in [0.2, 0.25) is 0 Å². The standard InChI is InChI=1S/C16H16BrFO2/c1-19-15-7-6-11(9-16(15)20-2)8-14(17)12-4-3-5-13(18)10-12/h3-7,9-10,14H,8H2,1-2H3. The van der Waals surface area contributed by atoms with Crippen molar-refractivity contribution in [2.75, 3.05) is 14.2 Å². The van der Waals surface area contributed by atoms with Gasteiger partial charge in [-0.3, -0.25) is 0 Å². The highest BCUT2D eigenvalue weighted by Gasteiger charge is 2.11. The summed E-state index contributed by atoms with van der Waals surface area (Å²) in [6, 6.07) is 12.4. The summed E-state index contributed by atoms with van der Waals surface area (Å²) in [5, 5.41) is 0. The zero-order valence-electron chi connectivity index (χ0n) is 11.4. The molecule has 0 aliphatic rings. The third-order valence-corrected chi connectivity index (χ3v) is 3.93. The summed E-state index contributed by atoms with van der Waals surface area (Å²) in [6.45, 7) is 0. The lowest BCUT2D eigenvalue weighted by molar-refractivity contribution is 0.354. The Morgan fingerprint density at radius 2 is 1.80 bits per heavy atom. The first kappa shape index (κ1) is 14.9. The smallest absolute Gasteiger partial charge is 0.160 e. The molecule has 0 radical (unpaired) electrons. The molecule has 0 saturated heterocycles. The van der Waals surface area contributed by atoms with Crippen LogP contribution >= 0.6 is 15.9 Å². The number of hydrogen-bond donors (Lipinski definition) is 0. The van der Waals surface area contributed by atoms with Crippen molar-refractivity contribution in [1.29, 1.82) is 0 Å². The fraction of sp³-hybridized carbons (Fsp3) is 0.250. The van der Waals surface area contributed by atoms with E-state index in [2.05, 4.69) is 15.9 Å². The number of ether oxygens (including phenoxy) is 2. The lowest BCUT2D eigenvalue weighted by Gasteiger charge is -2.13. The maximum atomic E-state index is 13.2. The Balaban J connectivity index is 2.17. The lowest BCUT2D eigenvalue weighted by atomic mass is 10.0. The van der Waals surface area contributed by atoms with E-state index in [-0.39, 0.29) is 10.6 Å².